The topological polar surface area (TPSA) is 24.9 Å². The second-order valence-corrected chi connectivity index (χ2v) is 5.19. The minimum atomic E-state index is 0.528. The Labute approximate surface area is 106 Å². The molecule has 1 N–H and O–H groups in total. The van der Waals surface area contributed by atoms with Crippen LogP contribution in [-0.2, 0) is 0 Å². The molecule has 2 heterocycles. The van der Waals surface area contributed by atoms with Crippen LogP contribution in [0.3, 0.4) is 0 Å². The highest BCUT2D eigenvalue weighted by Crippen LogP contribution is 2.19. The first kappa shape index (κ1) is 10.3. The van der Waals surface area contributed by atoms with E-state index in [9.17, 15) is 0 Å². The zero-order chi connectivity index (χ0) is 11.9. The van der Waals surface area contributed by atoms with Crippen LogP contribution in [0.2, 0.25) is 0 Å². The third-order valence-corrected chi connectivity index (χ3v) is 4.07. The highest BCUT2D eigenvalue weighted by molar-refractivity contribution is 5.79. The van der Waals surface area contributed by atoms with Crippen LogP contribution in [0.15, 0.2) is 30.3 Å². The van der Waals surface area contributed by atoms with Crippen LogP contribution < -0.4 is 15.9 Å². The van der Waals surface area contributed by atoms with Crippen molar-refractivity contribution in [3.05, 3.63) is 40.9 Å². The lowest BCUT2D eigenvalue weighted by Gasteiger charge is -2.28. The number of para-hydroxylation sites is 1. The molecule has 0 radical (unpaired) electrons. The first-order valence-electron chi connectivity index (χ1n) is 6.74. The van der Waals surface area contributed by atoms with Gasteiger partial charge in [0, 0.05) is 11.4 Å². The molecule has 2 nitrogen and oxygen atoms in total. The van der Waals surface area contributed by atoms with Gasteiger partial charge in [0.1, 0.15) is 0 Å². The second-order valence-electron chi connectivity index (χ2n) is 5.19. The summed E-state index contributed by atoms with van der Waals surface area (Å²) in [6.07, 6.45) is 5.88. The van der Waals surface area contributed by atoms with Gasteiger partial charge in [0.25, 0.3) is 0 Å². The number of hydrogen-bond donors (Lipinski definition) is 1. The summed E-state index contributed by atoms with van der Waals surface area (Å²) in [5.41, 5.74) is 2.63. The Hall–Kier alpha value is -1.67. The van der Waals surface area contributed by atoms with Gasteiger partial charge < -0.3 is 5.32 Å². The number of aromatic nitrogens is 1. The molecule has 1 aliphatic carbocycles. The van der Waals surface area contributed by atoms with Crippen LogP contribution in [0.5, 0.6) is 0 Å². The predicted octanol–water partition coefficient (Wildman–Crippen LogP) is 1.32. The van der Waals surface area contributed by atoms with Crippen LogP contribution >= 0.6 is 0 Å². The largest absolute Gasteiger partial charge is 0.310 e. The molecule has 2 heteroatoms. The smallest absolute Gasteiger partial charge is 0.0714 e. The molecule has 0 amide bonds. The molecule has 1 atom stereocenters. The van der Waals surface area contributed by atoms with Crippen LogP contribution in [0, 0.1) is 0 Å². The molecule has 4 rings (SSSR count). The van der Waals surface area contributed by atoms with E-state index in [2.05, 4.69) is 41.7 Å². The normalized spacial score (nSPS) is 22.2. The lowest BCUT2D eigenvalue weighted by Crippen LogP contribution is -2.45. The molecule has 1 aromatic carbocycles. The minimum absolute atomic E-state index is 0.528. The highest BCUT2D eigenvalue weighted by atomic mass is 14.9. The van der Waals surface area contributed by atoms with Gasteiger partial charge >= 0.3 is 0 Å². The zero-order valence-electron chi connectivity index (χ0n) is 10.3. The average molecular weight is 236 g/mol. The number of pyridine rings is 1. The Bertz CT molecular complexity index is 730. The lowest BCUT2D eigenvalue weighted by molar-refractivity contribution is 0.538. The number of hydrogen-bond acceptors (Lipinski definition) is 2. The van der Waals surface area contributed by atoms with Gasteiger partial charge in [-0.25, -0.2) is 4.98 Å². The van der Waals surface area contributed by atoms with Gasteiger partial charge in [-0.1, -0.05) is 24.3 Å². The lowest BCUT2D eigenvalue weighted by atomic mass is 9.90. The maximum Gasteiger partial charge on any atom is 0.0714 e. The zero-order valence-corrected chi connectivity index (χ0v) is 10.3. The van der Waals surface area contributed by atoms with E-state index in [1.807, 2.05) is 0 Å². The summed E-state index contributed by atoms with van der Waals surface area (Å²) in [5, 5.41) is 7.40. The van der Waals surface area contributed by atoms with Crippen molar-refractivity contribution in [1.82, 2.24) is 10.3 Å². The third-order valence-electron chi connectivity index (χ3n) is 4.07. The van der Waals surface area contributed by atoms with Crippen molar-refractivity contribution < 1.29 is 0 Å². The Morgan fingerprint density at radius 3 is 3.17 bits per heavy atom. The van der Waals surface area contributed by atoms with Crippen molar-refractivity contribution >= 4 is 22.6 Å². The van der Waals surface area contributed by atoms with E-state index in [-0.39, 0.29) is 0 Å². The molecular weight excluding hydrogens is 220 g/mol. The number of nitrogens with one attached hydrogen (secondary N) is 1. The second kappa shape index (κ2) is 3.92. The molecule has 0 bridgehead atoms. The van der Waals surface area contributed by atoms with Gasteiger partial charge in [0.05, 0.1) is 10.9 Å². The standard InChI is InChI=1S/C16H16N2/c1-2-6-14-11(4-1)10-12-7-8-15-13(16(12)18-14)5-3-9-17-15/h1-2,4,6-7,10,15,17H,3,5,8-9H2. The molecule has 1 unspecified atom stereocenters. The van der Waals surface area contributed by atoms with Crippen LogP contribution in [0.25, 0.3) is 22.6 Å². The van der Waals surface area contributed by atoms with Crippen LogP contribution in [-0.4, -0.2) is 17.6 Å². The van der Waals surface area contributed by atoms with E-state index in [1.54, 1.807) is 0 Å². The van der Waals surface area contributed by atoms with Gasteiger partial charge in [-0.3, -0.25) is 0 Å². The maximum atomic E-state index is 4.89. The van der Waals surface area contributed by atoms with E-state index in [4.69, 9.17) is 4.98 Å². The molecular formula is C16H16N2. The summed E-state index contributed by atoms with van der Waals surface area (Å²) >= 11 is 0. The van der Waals surface area contributed by atoms with Gasteiger partial charge in [0.15, 0.2) is 0 Å². The highest BCUT2D eigenvalue weighted by Gasteiger charge is 2.21. The van der Waals surface area contributed by atoms with E-state index >= 15 is 0 Å². The van der Waals surface area contributed by atoms with Crippen LogP contribution in [0.4, 0.5) is 0 Å². The van der Waals surface area contributed by atoms with Gasteiger partial charge in [-0.2, -0.15) is 0 Å². The number of piperidine rings is 1. The van der Waals surface area contributed by atoms with Crippen molar-refractivity contribution in [3.8, 4) is 0 Å². The van der Waals surface area contributed by atoms with Crippen molar-refractivity contribution in [2.24, 2.45) is 0 Å². The third kappa shape index (κ3) is 1.49. The van der Waals surface area contributed by atoms with Gasteiger partial charge in [0.2, 0.25) is 0 Å². The molecule has 1 aromatic heterocycles. The predicted molar refractivity (Wildman–Crippen MR) is 74.5 cm³/mol. The summed E-state index contributed by atoms with van der Waals surface area (Å²) in [5.74, 6) is 0. The fourth-order valence-corrected chi connectivity index (χ4v) is 3.15. The van der Waals surface area contributed by atoms with Crippen molar-refractivity contribution in [2.75, 3.05) is 6.54 Å². The Morgan fingerprint density at radius 2 is 2.17 bits per heavy atom. The summed E-state index contributed by atoms with van der Waals surface area (Å²) in [4.78, 5) is 4.89. The Balaban J connectivity index is 2.09. The van der Waals surface area contributed by atoms with Crippen molar-refractivity contribution in [1.29, 1.82) is 0 Å². The summed E-state index contributed by atoms with van der Waals surface area (Å²) in [6, 6.07) is 11.2. The van der Waals surface area contributed by atoms with E-state index in [0.29, 0.717) is 6.04 Å². The molecule has 2 aliphatic rings. The minimum Gasteiger partial charge on any atom is -0.310 e. The number of benzene rings is 1. The summed E-state index contributed by atoms with van der Waals surface area (Å²) in [7, 11) is 0. The molecule has 18 heavy (non-hydrogen) atoms. The number of fused-ring (bicyclic) bond motifs is 3. The van der Waals surface area contributed by atoms with Crippen molar-refractivity contribution in [2.45, 2.75) is 25.3 Å². The van der Waals surface area contributed by atoms with Crippen LogP contribution in [0.1, 0.15) is 19.3 Å². The van der Waals surface area contributed by atoms with E-state index in [0.717, 1.165) is 18.5 Å². The van der Waals surface area contributed by atoms with E-state index in [1.165, 1.54) is 34.4 Å². The SMILES string of the molecule is C1=c2cc3ccccc3nc2=C2CCCNC2C1. The monoisotopic (exact) mass is 236 g/mol. The van der Waals surface area contributed by atoms with Gasteiger partial charge in [-0.15, -0.1) is 0 Å². The molecule has 90 valence electrons. The summed E-state index contributed by atoms with van der Waals surface area (Å²) < 4.78 is 0. The Morgan fingerprint density at radius 1 is 1.22 bits per heavy atom. The quantitative estimate of drug-likeness (QED) is 0.746. The number of rotatable bonds is 0. The fourth-order valence-electron chi connectivity index (χ4n) is 3.15. The molecule has 2 aromatic rings. The average Bonchev–Trinajstić information content (AvgIpc) is 2.45. The maximum absolute atomic E-state index is 4.89. The first-order chi connectivity index (χ1) is 8.92. The number of nitrogens with zero attached hydrogens (tertiary/aromatic N) is 1. The van der Waals surface area contributed by atoms with E-state index < -0.39 is 0 Å². The first-order valence-corrected chi connectivity index (χ1v) is 6.74. The summed E-state index contributed by atoms with van der Waals surface area (Å²) in [6.45, 7) is 1.14. The van der Waals surface area contributed by atoms with Gasteiger partial charge in [-0.05, 0) is 48.7 Å². The molecule has 1 saturated heterocycles. The fraction of sp³-hybridized carbons (Fsp3) is 0.312. The molecule has 0 spiro atoms. The molecule has 1 fully saturated rings. The molecule has 0 saturated carbocycles. The van der Waals surface area contributed by atoms with Crippen molar-refractivity contribution in [3.63, 3.8) is 0 Å². The Kier molecular flexibility index (Phi) is 2.24. The molecule has 1 aliphatic heterocycles.